The average Bonchev–Trinajstić information content (AvgIpc) is 3.11. The Morgan fingerprint density at radius 1 is 1.17 bits per heavy atom. The quantitative estimate of drug-likeness (QED) is 0.338. The first-order valence-corrected chi connectivity index (χ1v) is 8.73. The predicted molar refractivity (Wildman–Crippen MR) is 105 cm³/mol. The van der Waals surface area contributed by atoms with Crippen LogP contribution in [0.25, 0.3) is 11.0 Å². The highest BCUT2D eigenvalue weighted by Crippen LogP contribution is 2.29. The van der Waals surface area contributed by atoms with Crippen molar-refractivity contribution in [3.63, 3.8) is 0 Å². The molecule has 0 radical (unpaired) electrons. The number of anilines is 1. The second kappa shape index (κ2) is 9.05. The Hall–Kier alpha value is -3.92. The maximum absolute atomic E-state index is 12.5. The van der Waals surface area contributed by atoms with Crippen LogP contribution in [0.2, 0.25) is 0 Å². The van der Waals surface area contributed by atoms with Crippen molar-refractivity contribution in [2.75, 3.05) is 26.1 Å². The molecule has 1 N–H and O–H groups in total. The number of amides is 1. The molecule has 1 amide bonds. The van der Waals surface area contributed by atoms with E-state index in [1.54, 1.807) is 24.3 Å². The van der Waals surface area contributed by atoms with Gasteiger partial charge in [0.05, 0.1) is 30.4 Å². The number of non-ortho nitro benzene ring substituents is 1. The van der Waals surface area contributed by atoms with Gasteiger partial charge in [-0.05, 0) is 12.1 Å². The van der Waals surface area contributed by atoms with Crippen molar-refractivity contribution < 1.29 is 33.1 Å². The van der Waals surface area contributed by atoms with Gasteiger partial charge in [-0.3, -0.25) is 14.9 Å². The van der Waals surface area contributed by atoms with Gasteiger partial charge in [-0.1, -0.05) is 18.2 Å². The molecule has 3 aromatic rings. The van der Waals surface area contributed by atoms with Crippen LogP contribution in [0.15, 0.2) is 46.9 Å². The molecule has 10 nitrogen and oxygen atoms in total. The molecule has 0 aliphatic heterocycles. The lowest BCUT2D eigenvalue weighted by molar-refractivity contribution is -0.384. The van der Waals surface area contributed by atoms with Crippen LogP contribution >= 0.6 is 0 Å². The van der Waals surface area contributed by atoms with E-state index in [1.165, 1.54) is 32.4 Å². The number of fused-ring (bicyclic) bond motifs is 1. The van der Waals surface area contributed by atoms with Crippen LogP contribution in [0.3, 0.4) is 0 Å². The summed E-state index contributed by atoms with van der Waals surface area (Å²) in [5.74, 6) is -1.41. The van der Waals surface area contributed by atoms with Gasteiger partial charge in [0.1, 0.15) is 11.3 Å². The van der Waals surface area contributed by atoms with Crippen molar-refractivity contribution in [2.45, 2.75) is 6.61 Å². The summed E-state index contributed by atoms with van der Waals surface area (Å²) in [6.07, 6.45) is 0. The first-order chi connectivity index (χ1) is 14.4. The van der Waals surface area contributed by atoms with E-state index in [2.05, 4.69) is 5.32 Å². The molecule has 0 atom stereocenters. The molecule has 1 heterocycles. The van der Waals surface area contributed by atoms with Gasteiger partial charge in [0, 0.05) is 24.1 Å². The van der Waals surface area contributed by atoms with Crippen LogP contribution in [0.5, 0.6) is 5.75 Å². The number of ether oxygens (including phenoxy) is 3. The Kier molecular flexibility index (Phi) is 6.28. The van der Waals surface area contributed by atoms with Gasteiger partial charge in [-0.2, -0.15) is 0 Å². The van der Waals surface area contributed by atoms with E-state index in [0.29, 0.717) is 16.5 Å². The number of nitro benzene ring substituents is 1. The summed E-state index contributed by atoms with van der Waals surface area (Å²) >= 11 is 0. The fourth-order valence-electron chi connectivity index (χ4n) is 2.83. The second-order valence-electron chi connectivity index (χ2n) is 6.10. The fourth-order valence-corrected chi connectivity index (χ4v) is 2.83. The van der Waals surface area contributed by atoms with Crippen molar-refractivity contribution in [2.24, 2.45) is 0 Å². The normalized spacial score (nSPS) is 10.6. The summed E-state index contributed by atoms with van der Waals surface area (Å²) in [4.78, 5) is 34.9. The van der Waals surface area contributed by atoms with Gasteiger partial charge in [0.2, 0.25) is 5.76 Å². The number of furan rings is 1. The lowest BCUT2D eigenvalue weighted by Gasteiger charge is -2.10. The number of carbonyl (C=O) groups excluding carboxylic acids is 2. The largest absolute Gasteiger partial charge is 0.494 e. The lowest BCUT2D eigenvalue weighted by Crippen LogP contribution is -2.21. The maximum Gasteiger partial charge on any atom is 0.375 e. The third kappa shape index (κ3) is 4.39. The third-order valence-electron chi connectivity index (χ3n) is 4.18. The molecule has 0 unspecified atom stereocenters. The van der Waals surface area contributed by atoms with Crippen molar-refractivity contribution in [3.8, 4) is 5.75 Å². The zero-order valence-electron chi connectivity index (χ0n) is 16.2. The molecule has 3 rings (SSSR count). The van der Waals surface area contributed by atoms with Crippen molar-refractivity contribution in [1.82, 2.24) is 0 Å². The summed E-state index contributed by atoms with van der Waals surface area (Å²) < 4.78 is 20.8. The number of esters is 1. The summed E-state index contributed by atoms with van der Waals surface area (Å²) in [5.41, 5.74) is 1.03. The van der Waals surface area contributed by atoms with Gasteiger partial charge in [0.25, 0.3) is 11.6 Å². The molecular formula is C20H18N2O8. The Labute approximate surface area is 170 Å². The number of hydrogen-bond donors (Lipinski definition) is 1. The van der Waals surface area contributed by atoms with Crippen LogP contribution in [-0.2, 0) is 20.9 Å². The zero-order chi connectivity index (χ0) is 21.7. The number of hydrogen-bond acceptors (Lipinski definition) is 8. The topological polar surface area (TPSA) is 130 Å². The summed E-state index contributed by atoms with van der Waals surface area (Å²) in [6.45, 7) is -0.462. The van der Waals surface area contributed by atoms with E-state index >= 15 is 0 Å². The molecule has 0 aliphatic carbocycles. The van der Waals surface area contributed by atoms with Crippen LogP contribution < -0.4 is 10.1 Å². The number of nitro groups is 1. The Bertz CT molecular complexity index is 1110. The highest BCUT2D eigenvalue weighted by molar-refractivity contribution is 5.98. The molecule has 156 valence electrons. The highest BCUT2D eigenvalue weighted by atomic mass is 16.6. The number of nitrogens with zero attached hydrogens (tertiary/aromatic N) is 1. The highest BCUT2D eigenvalue weighted by Gasteiger charge is 2.23. The Morgan fingerprint density at radius 2 is 1.93 bits per heavy atom. The van der Waals surface area contributed by atoms with Crippen LogP contribution in [-0.4, -0.2) is 37.6 Å². The number of rotatable bonds is 8. The van der Waals surface area contributed by atoms with Crippen LogP contribution in [0.4, 0.5) is 11.4 Å². The van der Waals surface area contributed by atoms with Crippen molar-refractivity contribution >= 4 is 34.2 Å². The molecule has 10 heteroatoms. The standard InChI is InChI=1S/C20H18N2O8/c1-27-10-14-13-5-3-4-6-16(13)30-19(14)20(24)29-11-18(23)21-15-8-7-12(22(25)26)9-17(15)28-2/h3-9H,10-11H2,1-2H3,(H,21,23). The van der Waals surface area contributed by atoms with E-state index in [0.717, 1.165) is 0 Å². The number of carbonyl (C=O) groups is 2. The lowest BCUT2D eigenvalue weighted by atomic mass is 10.1. The van der Waals surface area contributed by atoms with E-state index in [9.17, 15) is 19.7 Å². The molecule has 0 bridgehead atoms. The van der Waals surface area contributed by atoms with E-state index in [1.807, 2.05) is 0 Å². The van der Waals surface area contributed by atoms with Crippen LogP contribution in [0.1, 0.15) is 16.1 Å². The maximum atomic E-state index is 12.5. The average molecular weight is 414 g/mol. The predicted octanol–water partition coefficient (Wildman–Crippen LogP) is 3.29. The van der Waals surface area contributed by atoms with E-state index < -0.39 is 23.4 Å². The van der Waals surface area contributed by atoms with E-state index in [-0.39, 0.29) is 29.5 Å². The van der Waals surface area contributed by atoms with Gasteiger partial charge in [-0.25, -0.2) is 4.79 Å². The molecule has 0 fully saturated rings. The Morgan fingerprint density at radius 3 is 2.63 bits per heavy atom. The number of nitrogens with one attached hydrogen (secondary N) is 1. The minimum atomic E-state index is -0.816. The molecule has 0 aliphatic rings. The third-order valence-corrected chi connectivity index (χ3v) is 4.18. The van der Waals surface area contributed by atoms with Crippen molar-refractivity contribution in [3.05, 3.63) is 63.9 Å². The molecule has 2 aromatic carbocycles. The Balaban J connectivity index is 1.70. The molecule has 0 saturated heterocycles. The van der Waals surface area contributed by atoms with Gasteiger partial charge < -0.3 is 23.9 Å². The number of para-hydroxylation sites is 1. The molecule has 0 spiro atoms. The fraction of sp³-hybridized carbons (Fsp3) is 0.200. The van der Waals surface area contributed by atoms with Gasteiger partial charge in [0.15, 0.2) is 6.61 Å². The molecule has 30 heavy (non-hydrogen) atoms. The summed E-state index contributed by atoms with van der Waals surface area (Å²) in [5, 5.41) is 14.0. The SMILES string of the molecule is COCc1c(C(=O)OCC(=O)Nc2ccc([N+](=O)[O-])cc2OC)oc2ccccc12. The van der Waals surface area contributed by atoms with Gasteiger partial charge >= 0.3 is 5.97 Å². The smallest absolute Gasteiger partial charge is 0.375 e. The summed E-state index contributed by atoms with van der Waals surface area (Å²) in [6, 6.07) is 10.8. The first-order valence-electron chi connectivity index (χ1n) is 8.73. The molecule has 0 saturated carbocycles. The van der Waals surface area contributed by atoms with Gasteiger partial charge in [-0.15, -0.1) is 0 Å². The zero-order valence-corrected chi connectivity index (χ0v) is 16.2. The van der Waals surface area contributed by atoms with Crippen molar-refractivity contribution in [1.29, 1.82) is 0 Å². The first kappa shape index (κ1) is 20.8. The minimum Gasteiger partial charge on any atom is -0.494 e. The molecule has 1 aromatic heterocycles. The monoisotopic (exact) mass is 414 g/mol. The minimum absolute atomic E-state index is 0.0428. The van der Waals surface area contributed by atoms with Crippen LogP contribution in [0, 0.1) is 10.1 Å². The van der Waals surface area contributed by atoms with E-state index in [4.69, 9.17) is 18.6 Å². The molecular weight excluding hydrogens is 396 g/mol. The number of benzene rings is 2. The number of methoxy groups -OCH3 is 2. The second-order valence-corrected chi connectivity index (χ2v) is 6.10. The summed E-state index contributed by atoms with van der Waals surface area (Å²) in [7, 11) is 2.80.